The molecule has 2 N–H and O–H groups in total. The van der Waals surface area contributed by atoms with Gasteiger partial charge in [-0.2, -0.15) is 10.4 Å². The van der Waals surface area contributed by atoms with Crippen LogP contribution in [-0.2, 0) is 0 Å². The van der Waals surface area contributed by atoms with Gasteiger partial charge in [0, 0.05) is 17.4 Å². The number of benzene rings is 1. The van der Waals surface area contributed by atoms with Crippen molar-refractivity contribution in [3.8, 4) is 17.2 Å². The summed E-state index contributed by atoms with van der Waals surface area (Å²) < 4.78 is 1.69. The summed E-state index contributed by atoms with van der Waals surface area (Å²) in [5.74, 6) is 0. The SMILES string of the molecule is CCC(C#N)n1cc(-c2cccc(N)c2)cn1. The van der Waals surface area contributed by atoms with E-state index in [-0.39, 0.29) is 6.04 Å². The van der Waals surface area contributed by atoms with Crippen LogP contribution in [0.3, 0.4) is 0 Å². The van der Waals surface area contributed by atoms with Crippen LogP contribution in [0.4, 0.5) is 5.69 Å². The minimum Gasteiger partial charge on any atom is -0.399 e. The highest BCUT2D eigenvalue weighted by atomic mass is 15.3. The standard InChI is InChI=1S/C13H14N4/c1-2-13(7-14)17-9-11(8-16-17)10-4-3-5-12(15)6-10/h3-6,8-9,13H,2,15H2,1H3. The minimum absolute atomic E-state index is 0.204. The van der Waals surface area contributed by atoms with Gasteiger partial charge in [0.15, 0.2) is 0 Å². The van der Waals surface area contributed by atoms with E-state index < -0.39 is 0 Å². The molecule has 0 radical (unpaired) electrons. The second kappa shape index (κ2) is 4.71. The first-order chi connectivity index (χ1) is 8.24. The van der Waals surface area contributed by atoms with Crippen molar-refractivity contribution >= 4 is 5.69 Å². The van der Waals surface area contributed by atoms with Crippen molar-refractivity contribution in [2.75, 3.05) is 5.73 Å². The average molecular weight is 226 g/mol. The Balaban J connectivity index is 2.33. The van der Waals surface area contributed by atoms with Crippen molar-refractivity contribution in [1.29, 1.82) is 5.26 Å². The van der Waals surface area contributed by atoms with Crippen molar-refractivity contribution < 1.29 is 0 Å². The lowest BCUT2D eigenvalue weighted by molar-refractivity contribution is 0.534. The number of hydrogen-bond acceptors (Lipinski definition) is 3. The second-order valence-corrected chi connectivity index (χ2v) is 3.89. The van der Waals surface area contributed by atoms with Gasteiger partial charge in [0.1, 0.15) is 6.04 Å². The third kappa shape index (κ3) is 2.28. The van der Waals surface area contributed by atoms with E-state index >= 15 is 0 Å². The summed E-state index contributed by atoms with van der Waals surface area (Å²) in [6.45, 7) is 1.97. The summed E-state index contributed by atoms with van der Waals surface area (Å²) in [6, 6.07) is 9.64. The van der Waals surface area contributed by atoms with Crippen LogP contribution in [0, 0.1) is 11.3 Å². The molecular weight excluding hydrogens is 212 g/mol. The van der Waals surface area contributed by atoms with Gasteiger partial charge < -0.3 is 5.73 Å². The highest BCUT2D eigenvalue weighted by Crippen LogP contribution is 2.22. The van der Waals surface area contributed by atoms with Crippen molar-refractivity contribution in [2.24, 2.45) is 0 Å². The molecule has 0 aliphatic carbocycles. The van der Waals surface area contributed by atoms with Crippen LogP contribution in [0.1, 0.15) is 19.4 Å². The van der Waals surface area contributed by atoms with Crippen LogP contribution in [0.2, 0.25) is 0 Å². The maximum absolute atomic E-state index is 8.97. The summed E-state index contributed by atoms with van der Waals surface area (Å²) in [5, 5.41) is 13.2. The largest absolute Gasteiger partial charge is 0.399 e. The Morgan fingerprint density at radius 1 is 1.47 bits per heavy atom. The van der Waals surface area contributed by atoms with Gasteiger partial charge in [0.25, 0.3) is 0 Å². The molecule has 0 aliphatic rings. The van der Waals surface area contributed by atoms with E-state index in [2.05, 4.69) is 11.2 Å². The number of nitriles is 1. The molecule has 1 aromatic heterocycles. The molecule has 86 valence electrons. The van der Waals surface area contributed by atoms with Crippen LogP contribution >= 0.6 is 0 Å². The predicted molar refractivity (Wildman–Crippen MR) is 67.0 cm³/mol. The van der Waals surface area contributed by atoms with Gasteiger partial charge in [-0.25, -0.2) is 0 Å². The maximum Gasteiger partial charge on any atom is 0.138 e. The van der Waals surface area contributed by atoms with E-state index in [0.29, 0.717) is 0 Å². The highest BCUT2D eigenvalue weighted by Gasteiger charge is 2.09. The Morgan fingerprint density at radius 3 is 2.94 bits per heavy atom. The van der Waals surface area contributed by atoms with Gasteiger partial charge in [-0.15, -0.1) is 0 Å². The summed E-state index contributed by atoms with van der Waals surface area (Å²) in [4.78, 5) is 0. The van der Waals surface area contributed by atoms with E-state index in [0.717, 1.165) is 23.2 Å². The van der Waals surface area contributed by atoms with E-state index in [1.165, 1.54) is 0 Å². The quantitative estimate of drug-likeness (QED) is 0.818. The van der Waals surface area contributed by atoms with Gasteiger partial charge in [-0.3, -0.25) is 4.68 Å². The van der Waals surface area contributed by atoms with Crippen molar-refractivity contribution in [3.05, 3.63) is 36.7 Å². The lowest BCUT2D eigenvalue weighted by Gasteiger charge is -2.05. The Labute approximate surface area is 100 Å². The average Bonchev–Trinajstić information content (AvgIpc) is 2.80. The fourth-order valence-electron chi connectivity index (χ4n) is 1.71. The van der Waals surface area contributed by atoms with Crippen molar-refractivity contribution in [2.45, 2.75) is 19.4 Å². The molecule has 0 bridgehead atoms. The number of rotatable bonds is 3. The molecule has 17 heavy (non-hydrogen) atoms. The molecule has 2 aromatic rings. The highest BCUT2D eigenvalue weighted by molar-refractivity contribution is 5.65. The first-order valence-corrected chi connectivity index (χ1v) is 5.54. The summed E-state index contributed by atoms with van der Waals surface area (Å²) >= 11 is 0. The molecule has 2 rings (SSSR count). The van der Waals surface area contributed by atoms with Crippen LogP contribution < -0.4 is 5.73 Å². The molecule has 4 nitrogen and oxygen atoms in total. The zero-order valence-corrected chi connectivity index (χ0v) is 9.67. The summed E-state index contributed by atoms with van der Waals surface area (Å²) in [5.41, 5.74) is 8.46. The lowest BCUT2D eigenvalue weighted by Crippen LogP contribution is -2.05. The molecule has 0 saturated heterocycles. The summed E-state index contributed by atoms with van der Waals surface area (Å²) in [6.07, 6.45) is 4.38. The molecule has 1 unspecified atom stereocenters. The molecule has 4 heteroatoms. The van der Waals surface area contributed by atoms with Gasteiger partial charge in [-0.1, -0.05) is 19.1 Å². The van der Waals surface area contributed by atoms with E-state index in [4.69, 9.17) is 11.0 Å². The van der Waals surface area contributed by atoms with E-state index in [1.807, 2.05) is 37.4 Å². The maximum atomic E-state index is 8.97. The first kappa shape index (κ1) is 11.2. The van der Waals surface area contributed by atoms with Crippen LogP contribution in [0.25, 0.3) is 11.1 Å². The van der Waals surface area contributed by atoms with Crippen molar-refractivity contribution in [3.63, 3.8) is 0 Å². The Bertz CT molecular complexity index is 551. The van der Waals surface area contributed by atoms with Gasteiger partial charge in [-0.05, 0) is 24.1 Å². The number of anilines is 1. The molecule has 1 atom stereocenters. The minimum atomic E-state index is -0.204. The fraction of sp³-hybridized carbons (Fsp3) is 0.231. The zero-order valence-electron chi connectivity index (χ0n) is 9.67. The van der Waals surface area contributed by atoms with Crippen molar-refractivity contribution in [1.82, 2.24) is 9.78 Å². The normalized spacial score (nSPS) is 12.0. The predicted octanol–water partition coefficient (Wildman–Crippen LogP) is 2.61. The number of nitrogens with two attached hydrogens (primary N) is 1. The molecule has 1 aromatic carbocycles. The first-order valence-electron chi connectivity index (χ1n) is 5.54. The molecule has 0 amide bonds. The van der Waals surface area contributed by atoms with Gasteiger partial charge >= 0.3 is 0 Å². The molecule has 1 heterocycles. The number of nitrogen functional groups attached to an aromatic ring is 1. The molecule has 0 spiro atoms. The van der Waals surface area contributed by atoms with E-state index in [9.17, 15) is 0 Å². The molecule has 0 aliphatic heterocycles. The molecule has 0 saturated carbocycles. The molecule has 0 fully saturated rings. The smallest absolute Gasteiger partial charge is 0.138 e. The Kier molecular flexibility index (Phi) is 3.10. The third-order valence-corrected chi connectivity index (χ3v) is 2.68. The number of aromatic nitrogens is 2. The van der Waals surface area contributed by atoms with Crippen LogP contribution in [0.5, 0.6) is 0 Å². The monoisotopic (exact) mass is 226 g/mol. The van der Waals surface area contributed by atoms with Crippen LogP contribution in [-0.4, -0.2) is 9.78 Å². The van der Waals surface area contributed by atoms with Gasteiger partial charge in [0.05, 0.1) is 12.3 Å². The Hall–Kier alpha value is -2.28. The van der Waals surface area contributed by atoms with Gasteiger partial charge in [0.2, 0.25) is 0 Å². The topological polar surface area (TPSA) is 67.6 Å². The number of hydrogen-bond donors (Lipinski definition) is 1. The second-order valence-electron chi connectivity index (χ2n) is 3.89. The summed E-state index contributed by atoms with van der Waals surface area (Å²) in [7, 11) is 0. The molecular formula is C13H14N4. The Morgan fingerprint density at radius 2 is 2.29 bits per heavy atom. The lowest BCUT2D eigenvalue weighted by atomic mass is 10.1. The number of nitrogens with zero attached hydrogens (tertiary/aromatic N) is 3. The van der Waals surface area contributed by atoms with Crippen LogP contribution in [0.15, 0.2) is 36.7 Å². The third-order valence-electron chi connectivity index (χ3n) is 2.68. The van der Waals surface area contributed by atoms with E-state index in [1.54, 1.807) is 10.9 Å². The zero-order chi connectivity index (χ0) is 12.3. The fourth-order valence-corrected chi connectivity index (χ4v) is 1.71.